The highest BCUT2D eigenvalue weighted by Gasteiger charge is 2.14. The fourth-order valence-electron chi connectivity index (χ4n) is 2.59. The van der Waals surface area contributed by atoms with E-state index in [1.807, 2.05) is 10.9 Å². The summed E-state index contributed by atoms with van der Waals surface area (Å²) in [5.74, 6) is 0. The van der Waals surface area contributed by atoms with Crippen LogP contribution in [0.25, 0.3) is 5.69 Å². The zero-order chi connectivity index (χ0) is 13.8. The number of rotatable bonds is 4. The summed E-state index contributed by atoms with van der Waals surface area (Å²) in [7, 11) is 0. The van der Waals surface area contributed by atoms with Gasteiger partial charge in [0.05, 0.1) is 17.6 Å². The predicted molar refractivity (Wildman–Crippen MR) is 78.9 cm³/mol. The molecule has 1 aliphatic heterocycles. The molecule has 0 aliphatic carbocycles. The van der Waals surface area contributed by atoms with Crippen LogP contribution < -0.4 is 5.32 Å². The van der Waals surface area contributed by atoms with Crippen molar-refractivity contribution in [2.75, 3.05) is 26.2 Å². The highest BCUT2D eigenvalue weighted by Crippen LogP contribution is 2.14. The van der Waals surface area contributed by atoms with E-state index in [9.17, 15) is 0 Å². The van der Waals surface area contributed by atoms with Gasteiger partial charge in [-0.25, -0.2) is 4.68 Å². The third-order valence-corrected chi connectivity index (χ3v) is 3.78. The van der Waals surface area contributed by atoms with E-state index in [0.29, 0.717) is 0 Å². The van der Waals surface area contributed by atoms with Crippen LogP contribution in [0.15, 0.2) is 30.5 Å². The maximum Gasteiger partial charge on any atom is 0.0786 e. The molecule has 106 valence electrons. The van der Waals surface area contributed by atoms with Crippen molar-refractivity contribution in [3.8, 4) is 5.69 Å². The number of nitrogens with zero attached hydrogens (tertiary/aromatic N) is 4. The minimum Gasteiger partial charge on any atom is -0.314 e. The lowest BCUT2D eigenvalue weighted by Crippen LogP contribution is -2.43. The maximum atomic E-state index is 4.25. The number of benzene rings is 1. The van der Waals surface area contributed by atoms with Crippen LogP contribution in [0, 0.1) is 0 Å². The van der Waals surface area contributed by atoms with Crippen molar-refractivity contribution in [1.29, 1.82) is 0 Å². The molecule has 0 amide bonds. The Hall–Kier alpha value is -1.72. The van der Waals surface area contributed by atoms with E-state index in [-0.39, 0.29) is 0 Å². The highest BCUT2D eigenvalue weighted by atomic mass is 15.4. The van der Waals surface area contributed by atoms with Gasteiger partial charge in [0.25, 0.3) is 0 Å². The average molecular weight is 271 g/mol. The Bertz CT molecular complexity index is 557. The van der Waals surface area contributed by atoms with Gasteiger partial charge in [-0.2, -0.15) is 0 Å². The standard InChI is InChI=1S/C15H21N5/c1-2-13-4-3-5-14(10-13)20-15(11-17-18-20)12-19-8-6-16-7-9-19/h3-5,10-11,16H,2,6-9,12H2,1H3. The SMILES string of the molecule is CCc1cccc(-n2nncc2CN2CCNCC2)c1. The van der Waals surface area contributed by atoms with E-state index in [0.717, 1.165) is 50.5 Å². The topological polar surface area (TPSA) is 46.0 Å². The van der Waals surface area contributed by atoms with Crippen LogP contribution in [-0.2, 0) is 13.0 Å². The molecular formula is C15H21N5. The first kappa shape index (κ1) is 13.3. The zero-order valence-electron chi connectivity index (χ0n) is 11.9. The lowest BCUT2D eigenvalue weighted by molar-refractivity contribution is 0.229. The Balaban J connectivity index is 1.81. The van der Waals surface area contributed by atoms with Crippen LogP contribution in [0.3, 0.4) is 0 Å². The minimum atomic E-state index is 0.908. The number of piperazine rings is 1. The Morgan fingerprint density at radius 3 is 2.90 bits per heavy atom. The van der Waals surface area contributed by atoms with Crippen LogP contribution in [0.2, 0.25) is 0 Å². The van der Waals surface area contributed by atoms with Crippen LogP contribution in [0.1, 0.15) is 18.2 Å². The average Bonchev–Trinajstić information content (AvgIpc) is 2.96. The van der Waals surface area contributed by atoms with Gasteiger partial charge in [0.15, 0.2) is 0 Å². The van der Waals surface area contributed by atoms with Gasteiger partial charge in [0.1, 0.15) is 0 Å². The molecule has 1 N–H and O–H groups in total. The van der Waals surface area contributed by atoms with Gasteiger partial charge in [0, 0.05) is 32.7 Å². The zero-order valence-corrected chi connectivity index (χ0v) is 11.9. The Morgan fingerprint density at radius 2 is 2.10 bits per heavy atom. The van der Waals surface area contributed by atoms with Crippen LogP contribution in [-0.4, -0.2) is 46.1 Å². The monoisotopic (exact) mass is 271 g/mol. The van der Waals surface area contributed by atoms with Crippen molar-refractivity contribution in [2.24, 2.45) is 0 Å². The van der Waals surface area contributed by atoms with Crippen molar-refractivity contribution in [3.63, 3.8) is 0 Å². The van der Waals surface area contributed by atoms with Crippen molar-refractivity contribution in [1.82, 2.24) is 25.2 Å². The van der Waals surface area contributed by atoms with E-state index >= 15 is 0 Å². The number of aromatic nitrogens is 3. The summed E-state index contributed by atoms with van der Waals surface area (Å²) in [5.41, 5.74) is 3.58. The number of hydrogen-bond acceptors (Lipinski definition) is 4. The molecule has 0 saturated carbocycles. The fourth-order valence-corrected chi connectivity index (χ4v) is 2.59. The summed E-state index contributed by atoms with van der Waals surface area (Å²) in [6.07, 6.45) is 2.91. The van der Waals surface area contributed by atoms with Gasteiger partial charge in [-0.15, -0.1) is 5.10 Å². The van der Waals surface area contributed by atoms with E-state index in [1.165, 1.54) is 5.56 Å². The minimum absolute atomic E-state index is 0.908. The molecule has 1 saturated heterocycles. The Labute approximate surface area is 119 Å². The molecule has 1 fully saturated rings. The molecule has 5 heteroatoms. The molecule has 2 heterocycles. The van der Waals surface area contributed by atoms with Crippen LogP contribution in [0.5, 0.6) is 0 Å². The van der Waals surface area contributed by atoms with Gasteiger partial charge >= 0.3 is 0 Å². The fraction of sp³-hybridized carbons (Fsp3) is 0.467. The van der Waals surface area contributed by atoms with E-state index in [2.05, 4.69) is 51.7 Å². The second kappa shape index (κ2) is 6.15. The molecular weight excluding hydrogens is 250 g/mol. The first-order valence-electron chi connectivity index (χ1n) is 7.29. The Kier molecular flexibility index (Phi) is 4.08. The van der Waals surface area contributed by atoms with Gasteiger partial charge in [-0.1, -0.05) is 24.3 Å². The van der Waals surface area contributed by atoms with Gasteiger partial charge in [-0.3, -0.25) is 4.90 Å². The lowest BCUT2D eigenvalue weighted by atomic mass is 10.1. The van der Waals surface area contributed by atoms with Crippen molar-refractivity contribution < 1.29 is 0 Å². The molecule has 1 aromatic heterocycles. The Morgan fingerprint density at radius 1 is 1.25 bits per heavy atom. The molecule has 0 bridgehead atoms. The molecule has 1 aliphatic rings. The van der Waals surface area contributed by atoms with Gasteiger partial charge < -0.3 is 5.32 Å². The second-order valence-electron chi connectivity index (χ2n) is 5.19. The summed E-state index contributed by atoms with van der Waals surface area (Å²) in [5, 5.41) is 11.7. The van der Waals surface area contributed by atoms with E-state index in [1.54, 1.807) is 0 Å². The molecule has 0 spiro atoms. The number of aryl methyl sites for hydroxylation is 1. The predicted octanol–water partition coefficient (Wildman–Crippen LogP) is 1.23. The van der Waals surface area contributed by atoms with E-state index in [4.69, 9.17) is 0 Å². The first-order valence-corrected chi connectivity index (χ1v) is 7.29. The summed E-state index contributed by atoms with van der Waals surface area (Å²) >= 11 is 0. The quantitative estimate of drug-likeness (QED) is 0.908. The lowest BCUT2D eigenvalue weighted by Gasteiger charge is -2.26. The third kappa shape index (κ3) is 2.89. The third-order valence-electron chi connectivity index (χ3n) is 3.78. The normalized spacial score (nSPS) is 16.4. The molecule has 0 atom stereocenters. The van der Waals surface area contributed by atoms with Crippen molar-refractivity contribution in [3.05, 3.63) is 41.7 Å². The molecule has 20 heavy (non-hydrogen) atoms. The molecule has 2 aromatic rings. The molecule has 5 nitrogen and oxygen atoms in total. The molecule has 1 aromatic carbocycles. The van der Waals surface area contributed by atoms with Crippen LogP contribution >= 0.6 is 0 Å². The largest absolute Gasteiger partial charge is 0.314 e. The smallest absolute Gasteiger partial charge is 0.0786 e. The van der Waals surface area contributed by atoms with Gasteiger partial charge in [0.2, 0.25) is 0 Å². The maximum absolute atomic E-state index is 4.25. The molecule has 3 rings (SSSR count). The highest BCUT2D eigenvalue weighted by molar-refractivity contribution is 5.36. The van der Waals surface area contributed by atoms with Gasteiger partial charge in [-0.05, 0) is 24.1 Å². The molecule has 0 unspecified atom stereocenters. The second-order valence-corrected chi connectivity index (χ2v) is 5.19. The molecule has 0 radical (unpaired) electrons. The van der Waals surface area contributed by atoms with E-state index < -0.39 is 0 Å². The number of hydrogen-bond donors (Lipinski definition) is 1. The van der Waals surface area contributed by atoms with Crippen LogP contribution in [0.4, 0.5) is 0 Å². The summed E-state index contributed by atoms with van der Waals surface area (Å²) in [6, 6.07) is 8.52. The summed E-state index contributed by atoms with van der Waals surface area (Å²) in [4.78, 5) is 2.44. The summed E-state index contributed by atoms with van der Waals surface area (Å²) < 4.78 is 1.96. The van der Waals surface area contributed by atoms with Crippen molar-refractivity contribution in [2.45, 2.75) is 19.9 Å². The number of nitrogens with one attached hydrogen (secondary N) is 1. The van der Waals surface area contributed by atoms with Crippen molar-refractivity contribution >= 4 is 0 Å². The first-order chi connectivity index (χ1) is 9.86. The summed E-state index contributed by atoms with van der Waals surface area (Å²) in [6.45, 7) is 7.37.